The molecule has 1 rings (SSSR count). The monoisotopic (exact) mass is 210 g/mol. The Morgan fingerprint density at radius 2 is 1.93 bits per heavy atom. The van der Waals surface area contributed by atoms with Crippen LogP contribution in [-0.4, -0.2) is 19.1 Å². The highest BCUT2D eigenvalue weighted by atomic mass is 16.6. The van der Waals surface area contributed by atoms with Crippen molar-refractivity contribution in [1.82, 2.24) is 0 Å². The van der Waals surface area contributed by atoms with Crippen LogP contribution in [-0.2, 0) is 0 Å². The lowest BCUT2D eigenvalue weighted by molar-refractivity contribution is -0.385. The van der Waals surface area contributed by atoms with Crippen molar-refractivity contribution in [2.75, 3.05) is 14.2 Å². The van der Waals surface area contributed by atoms with Gasteiger partial charge in [0.05, 0.1) is 25.2 Å². The Labute approximate surface area is 86.8 Å². The number of nitrogens with zero attached hydrogens (tertiary/aromatic N) is 2. The largest absolute Gasteiger partial charge is 0.496 e. The molecule has 0 unspecified atom stereocenters. The standard InChI is InChI=1S/C8H9NO4.CHN/c1-12-6-3-4-8(13-2)7(5-6)9(10)11;1-2/h3-5H,1-2H3;1H. The number of rotatable bonds is 3. The molecule has 80 valence electrons. The quantitative estimate of drug-likeness (QED) is 0.560. The number of hydrogen-bond donors (Lipinski definition) is 0. The van der Waals surface area contributed by atoms with Gasteiger partial charge in [-0.15, -0.1) is 0 Å². The van der Waals surface area contributed by atoms with Crippen LogP contribution in [0.15, 0.2) is 18.2 Å². The van der Waals surface area contributed by atoms with E-state index in [2.05, 4.69) is 6.57 Å². The summed E-state index contributed by atoms with van der Waals surface area (Å²) in [4.78, 5) is 10.0. The van der Waals surface area contributed by atoms with Gasteiger partial charge in [0.25, 0.3) is 0 Å². The number of nitro benzene ring substituents is 1. The van der Waals surface area contributed by atoms with E-state index < -0.39 is 4.92 Å². The molecule has 0 aliphatic carbocycles. The van der Waals surface area contributed by atoms with Crippen LogP contribution in [0.3, 0.4) is 0 Å². The minimum absolute atomic E-state index is 0.0955. The summed E-state index contributed by atoms with van der Waals surface area (Å²) >= 11 is 0. The van der Waals surface area contributed by atoms with Crippen LogP contribution < -0.4 is 9.47 Å². The van der Waals surface area contributed by atoms with E-state index in [1.165, 1.54) is 26.4 Å². The third kappa shape index (κ3) is 3.15. The molecule has 0 saturated carbocycles. The molecule has 0 aromatic heterocycles. The molecule has 0 amide bonds. The van der Waals surface area contributed by atoms with E-state index in [9.17, 15) is 10.1 Å². The summed E-state index contributed by atoms with van der Waals surface area (Å²) in [6, 6.07) is 4.42. The van der Waals surface area contributed by atoms with Gasteiger partial charge in [-0.05, 0) is 12.1 Å². The Balaban J connectivity index is 0.000000921. The minimum Gasteiger partial charge on any atom is -0.496 e. The van der Waals surface area contributed by atoms with Crippen molar-refractivity contribution < 1.29 is 14.4 Å². The molecule has 0 atom stereocenters. The van der Waals surface area contributed by atoms with Crippen molar-refractivity contribution in [3.63, 3.8) is 0 Å². The minimum atomic E-state index is -0.513. The Hall–Kier alpha value is -2.29. The van der Waals surface area contributed by atoms with Crippen molar-refractivity contribution in [2.24, 2.45) is 0 Å². The number of nitriles is 1. The number of hydrogen-bond acceptors (Lipinski definition) is 5. The molecule has 6 nitrogen and oxygen atoms in total. The SMILES string of the molecule is C#N.COc1ccc(OC)c([N+](=O)[O-])c1. The van der Waals surface area contributed by atoms with E-state index in [4.69, 9.17) is 14.7 Å². The highest BCUT2D eigenvalue weighted by Gasteiger charge is 2.14. The fourth-order valence-corrected chi connectivity index (χ4v) is 0.939. The summed E-state index contributed by atoms with van der Waals surface area (Å²) < 4.78 is 9.65. The van der Waals surface area contributed by atoms with Crippen LogP contribution in [0.5, 0.6) is 11.5 Å². The van der Waals surface area contributed by atoms with E-state index >= 15 is 0 Å². The molecule has 0 bridgehead atoms. The van der Waals surface area contributed by atoms with Crippen LogP contribution in [0.1, 0.15) is 0 Å². The first-order valence-corrected chi connectivity index (χ1v) is 3.81. The number of benzene rings is 1. The second-order valence-electron chi connectivity index (χ2n) is 2.29. The maximum absolute atomic E-state index is 10.5. The molecule has 6 heteroatoms. The molecule has 1 aromatic carbocycles. The van der Waals surface area contributed by atoms with Gasteiger partial charge in [-0.2, -0.15) is 0 Å². The van der Waals surface area contributed by atoms with Crippen LogP contribution in [0.2, 0.25) is 0 Å². The zero-order valence-corrected chi connectivity index (χ0v) is 8.34. The van der Waals surface area contributed by atoms with Gasteiger partial charge >= 0.3 is 5.69 Å². The first-order chi connectivity index (χ1) is 7.19. The topological polar surface area (TPSA) is 85.4 Å². The van der Waals surface area contributed by atoms with Gasteiger partial charge in [0.2, 0.25) is 0 Å². The second-order valence-corrected chi connectivity index (χ2v) is 2.29. The summed E-state index contributed by atoms with van der Waals surface area (Å²) in [6.07, 6.45) is 0. The molecular weight excluding hydrogens is 200 g/mol. The molecule has 0 aliphatic rings. The van der Waals surface area contributed by atoms with Gasteiger partial charge in [-0.1, -0.05) is 0 Å². The molecule has 15 heavy (non-hydrogen) atoms. The molecule has 0 N–H and O–H groups in total. The number of nitro groups is 1. The van der Waals surface area contributed by atoms with Crippen LogP contribution in [0.25, 0.3) is 0 Å². The van der Waals surface area contributed by atoms with Gasteiger partial charge in [-0.3, -0.25) is 10.1 Å². The van der Waals surface area contributed by atoms with E-state index in [1.54, 1.807) is 6.07 Å². The maximum atomic E-state index is 10.5. The summed E-state index contributed by atoms with van der Waals surface area (Å²) in [5.41, 5.74) is -0.0955. The van der Waals surface area contributed by atoms with E-state index in [0.29, 0.717) is 5.75 Å². The zero-order valence-electron chi connectivity index (χ0n) is 8.34. The Morgan fingerprint density at radius 3 is 2.33 bits per heavy atom. The lowest BCUT2D eigenvalue weighted by Crippen LogP contribution is -1.94. The first-order valence-electron chi connectivity index (χ1n) is 3.81. The third-order valence-electron chi connectivity index (χ3n) is 1.58. The lowest BCUT2D eigenvalue weighted by Gasteiger charge is -2.03. The Bertz CT molecular complexity index is 362. The highest BCUT2D eigenvalue weighted by Crippen LogP contribution is 2.30. The van der Waals surface area contributed by atoms with Gasteiger partial charge < -0.3 is 9.47 Å². The summed E-state index contributed by atoms with van der Waals surface area (Å²) in [5.74, 6) is 0.665. The van der Waals surface area contributed by atoms with Gasteiger partial charge in [-0.25, -0.2) is 5.26 Å². The van der Waals surface area contributed by atoms with Crippen molar-refractivity contribution in [1.29, 1.82) is 5.26 Å². The molecular formula is C9H10N2O4. The molecule has 0 fully saturated rings. The predicted molar refractivity (Wildman–Crippen MR) is 52.9 cm³/mol. The van der Waals surface area contributed by atoms with E-state index in [1.807, 2.05) is 0 Å². The van der Waals surface area contributed by atoms with E-state index in [0.717, 1.165) is 0 Å². The van der Waals surface area contributed by atoms with Crippen molar-refractivity contribution in [3.05, 3.63) is 28.3 Å². The average molecular weight is 210 g/mol. The molecule has 0 radical (unpaired) electrons. The smallest absolute Gasteiger partial charge is 0.314 e. The van der Waals surface area contributed by atoms with Crippen LogP contribution >= 0.6 is 0 Å². The zero-order chi connectivity index (χ0) is 11.8. The average Bonchev–Trinajstić information content (AvgIpc) is 2.30. The summed E-state index contributed by atoms with van der Waals surface area (Å²) in [6.45, 7) is 3.50. The summed E-state index contributed by atoms with van der Waals surface area (Å²) in [5, 5.41) is 17.0. The second kappa shape index (κ2) is 6.21. The fraction of sp³-hybridized carbons (Fsp3) is 0.222. The van der Waals surface area contributed by atoms with Gasteiger partial charge in [0, 0.05) is 6.57 Å². The van der Waals surface area contributed by atoms with Crippen molar-refractivity contribution in [3.8, 4) is 18.1 Å². The number of methoxy groups -OCH3 is 2. The molecule has 1 aromatic rings. The molecule has 0 saturated heterocycles. The lowest BCUT2D eigenvalue weighted by atomic mass is 10.3. The first kappa shape index (κ1) is 12.7. The maximum Gasteiger partial charge on any atom is 0.314 e. The Morgan fingerprint density at radius 1 is 1.33 bits per heavy atom. The van der Waals surface area contributed by atoms with Gasteiger partial charge in [0.15, 0.2) is 5.75 Å². The fourth-order valence-electron chi connectivity index (χ4n) is 0.939. The predicted octanol–water partition coefficient (Wildman–Crippen LogP) is 1.75. The normalized spacial score (nSPS) is 8.27. The molecule has 0 heterocycles. The summed E-state index contributed by atoms with van der Waals surface area (Å²) in [7, 11) is 2.83. The highest BCUT2D eigenvalue weighted by molar-refractivity contribution is 5.50. The molecule has 0 aliphatic heterocycles. The van der Waals surface area contributed by atoms with E-state index in [-0.39, 0.29) is 11.4 Å². The third-order valence-corrected chi connectivity index (χ3v) is 1.58. The van der Waals surface area contributed by atoms with Gasteiger partial charge in [0.1, 0.15) is 5.75 Å². The molecule has 0 spiro atoms. The number of ether oxygens (including phenoxy) is 2. The Kier molecular flexibility index (Phi) is 5.26. The van der Waals surface area contributed by atoms with Crippen LogP contribution in [0, 0.1) is 21.9 Å². The van der Waals surface area contributed by atoms with Crippen molar-refractivity contribution in [2.45, 2.75) is 0 Å². The van der Waals surface area contributed by atoms with Crippen LogP contribution in [0.4, 0.5) is 5.69 Å². The van der Waals surface area contributed by atoms with Crippen molar-refractivity contribution >= 4 is 5.69 Å².